The van der Waals surface area contributed by atoms with E-state index in [9.17, 15) is 13.2 Å². The van der Waals surface area contributed by atoms with Gasteiger partial charge in [0.05, 0.1) is 11.5 Å². The Balaban J connectivity index is 1.48. The van der Waals surface area contributed by atoms with Crippen LogP contribution >= 0.6 is 11.3 Å². The zero-order valence-electron chi connectivity index (χ0n) is 15.5. The van der Waals surface area contributed by atoms with Gasteiger partial charge in [0.15, 0.2) is 15.0 Å². The Morgan fingerprint density at radius 1 is 1.35 bits per heavy atom. The van der Waals surface area contributed by atoms with Gasteiger partial charge in [-0.15, -0.1) is 11.3 Å². The second-order valence-electron chi connectivity index (χ2n) is 7.53. The first-order chi connectivity index (χ1) is 12.3. The molecule has 0 bridgehead atoms. The molecule has 0 unspecified atom stereocenters. The number of thiazole rings is 1. The summed E-state index contributed by atoms with van der Waals surface area (Å²) in [5.74, 6) is 1.16. The van der Waals surface area contributed by atoms with E-state index in [1.54, 1.807) is 0 Å². The molecular weight excluding hydrogens is 372 g/mol. The highest BCUT2D eigenvalue weighted by Crippen LogP contribution is 2.21. The highest BCUT2D eigenvalue weighted by atomic mass is 32.2. The fraction of sp³-hybridized carbons (Fsp3) is 0.765. The van der Waals surface area contributed by atoms with E-state index in [2.05, 4.69) is 29.0 Å². The molecule has 7 nitrogen and oxygen atoms in total. The van der Waals surface area contributed by atoms with Gasteiger partial charge in [-0.25, -0.2) is 13.4 Å². The molecule has 0 spiro atoms. The Morgan fingerprint density at radius 3 is 2.69 bits per heavy atom. The molecule has 0 aliphatic carbocycles. The van der Waals surface area contributed by atoms with E-state index in [4.69, 9.17) is 0 Å². The summed E-state index contributed by atoms with van der Waals surface area (Å²) in [7, 11) is -2.87. The monoisotopic (exact) mass is 400 g/mol. The number of rotatable bonds is 6. The summed E-state index contributed by atoms with van der Waals surface area (Å²) in [6.45, 7) is 7.94. The Labute approximate surface area is 159 Å². The van der Waals surface area contributed by atoms with Crippen LogP contribution < -0.4 is 5.32 Å². The number of sulfone groups is 1. The van der Waals surface area contributed by atoms with Crippen LogP contribution in [0.25, 0.3) is 0 Å². The van der Waals surface area contributed by atoms with Gasteiger partial charge in [-0.05, 0) is 18.8 Å². The molecule has 146 valence electrons. The maximum Gasteiger partial charge on any atom is 0.273 e. The third-order valence-corrected chi connectivity index (χ3v) is 7.60. The molecule has 2 aliphatic heterocycles. The van der Waals surface area contributed by atoms with Crippen molar-refractivity contribution in [1.82, 2.24) is 14.8 Å². The Hall–Kier alpha value is -1.19. The molecule has 3 heterocycles. The average molecular weight is 401 g/mol. The molecule has 2 saturated heterocycles. The van der Waals surface area contributed by atoms with Crippen molar-refractivity contribution in [3.8, 4) is 0 Å². The summed E-state index contributed by atoms with van der Waals surface area (Å²) in [5, 5.41) is 5.89. The zero-order chi connectivity index (χ0) is 18.7. The number of carbonyl (C=O) groups is 1. The number of nitrogens with one attached hydrogen (secondary N) is 1. The lowest BCUT2D eigenvalue weighted by atomic mass is 10.1. The van der Waals surface area contributed by atoms with Crippen molar-refractivity contribution >= 4 is 32.2 Å². The van der Waals surface area contributed by atoms with Crippen LogP contribution in [0.2, 0.25) is 0 Å². The predicted octanol–water partition coefficient (Wildman–Crippen LogP) is 1.55. The van der Waals surface area contributed by atoms with Gasteiger partial charge in [-0.2, -0.15) is 0 Å². The lowest BCUT2D eigenvalue weighted by Gasteiger charge is -2.37. The van der Waals surface area contributed by atoms with Crippen LogP contribution in [0.15, 0.2) is 5.38 Å². The molecule has 1 amide bonds. The minimum absolute atomic E-state index is 0.0307. The van der Waals surface area contributed by atoms with Gasteiger partial charge in [-0.1, -0.05) is 13.8 Å². The molecule has 1 N–H and O–H groups in total. The van der Waals surface area contributed by atoms with E-state index in [0.29, 0.717) is 36.9 Å². The average Bonchev–Trinajstić information content (AvgIpc) is 3.20. The van der Waals surface area contributed by atoms with Crippen LogP contribution in [0.5, 0.6) is 0 Å². The molecule has 26 heavy (non-hydrogen) atoms. The lowest BCUT2D eigenvalue weighted by molar-refractivity contribution is 0.0583. The molecule has 9 heteroatoms. The Bertz CT molecular complexity index is 724. The summed E-state index contributed by atoms with van der Waals surface area (Å²) in [6, 6.07) is 0.119. The van der Waals surface area contributed by atoms with Crippen molar-refractivity contribution in [2.45, 2.75) is 32.7 Å². The van der Waals surface area contributed by atoms with Crippen LogP contribution in [0.3, 0.4) is 0 Å². The maximum absolute atomic E-state index is 12.7. The Kier molecular flexibility index (Phi) is 6.19. The van der Waals surface area contributed by atoms with Gasteiger partial charge in [-0.3, -0.25) is 9.69 Å². The van der Waals surface area contributed by atoms with E-state index in [1.165, 1.54) is 11.3 Å². The van der Waals surface area contributed by atoms with Gasteiger partial charge in [0.2, 0.25) is 0 Å². The first-order valence-electron chi connectivity index (χ1n) is 9.27. The molecule has 2 fully saturated rings. The number of nitrogens with zero attached hydrogens (tertiary/aromatic N) is 3. The van der Waals surface area contributed by atoms with Crippen molar-refractivity contribution in [3.05, 3.63) is 11.1 Å². The second-order valence-corrected chi connectivity index (χ2v) is 10.6. The number of anilines is 1. The van der Waals surface area contributed by atoms with E-state index >= 15 is 0 Å². The predicted molar refractivity (Wildman–Crippen MR) is 105 cm³/mol. The number of carbonyl (C=O) groups excluding carboxylic acids is 1. The number of hydrogen-bond donors (Lipinski definition) is 1. The molecule has 1 aromatic heterocycles. The largest absolute Gasteiger partial charge is 0.361 e. The van der Waals surface area contributed by atoms with Crippen molar-refractivity contribution in [2.75, 3.05) is 49.5 Å². The van der Waals surface area contributed by atoms with E-state index in [-0.39, 0.29) is 17.7 Å². The second kappa shape index (κ2) is 8.22. The molecule has 1 aromatic rings. The van der Waals surface area contributed by atoms with E-state index in [0.717, 1.165) is 31.2 Å². The summed E-state index contributed by atoms with van der Waals surface area (Å²) in [6.07, 6.45) is 1.79. The van der Waals surface area contributed by atoms with Crippen molar-refractivity contribution in [2.24, 2.45) is 5.92 Å². The first-order valence-corrected chi connectivity index (χ1v) is 12.0. The number of aromatic nitrogens is 1. The fourth-order valence-electron chi connectivity index (χ4n) is 3.44. The number of amides is 1. The molecular formula is C17H28N4O3S2. The van der Waals surface area contributed by atoms with Gasteiger partial charge >= 0.3 is 0 Å². The van der Waals surface area contributed by atoms with Crippen LogP contribution in [-0.2, 0) is 9.84 Å². The summed E-state index contributed by atoms with van der Waals surface area (Å²) < 4.78 is 23.3. The quantitative estimate of drug-likeness (QED) is 0.780. The smallest absolute Gasteiger partial charge is 0.273 e. The molecule has 0 radical (unpaired) electrons. The molecule has 2 aliphatic rings. The highest BCUT2D eigenvalue weighted by Gasteiger charge is 2.34. The summed E-state index contributed by atoms with van der Waals surface area (Å²) >= 11 is 1.47. The summed E-state index contributed by atoms with van der Waals surface area (Å²) in [4.78, 5) is 21.1. The van der Waals surface area contributed by atoms with Crippen molar-refractivity contribution < 1.29 is 13.2 Å². The minimum Gasteiger partial charge on any atom is -0.361 e. The number of hydrogen-bond acceptors (Lipinski definition) is 7. The normalized spacial score (nSPS) is 23.5. The van der Waals surface area contributed by atoms with Gasteiger partial charge in [0.25, 0.3) is 5.91 Å². The maximum atomic E-state index is 12.7. The standard InChI is InChI=1S/C17H28N4O3S2/c1-13(2)3-5-18-17-19-15(11-25-17)16(22)21-8-6-20(7-9-21)14-4-10-26(23,24)12-14/h11,13-14H,3-10,12H2,1-2H3,(H,18,19)/t14-/m1/s1. The van der Waals surface area contributed by atoms with Gasteiger partial charge in [0.1, 0.15) is 5.69 Å². The first kappa shape index (κ1) is 19.6. The number of piperazine rings is 1. The van der Waals surface area contributed by atoms with E-state index in [1.807, 2.05) is 10.3 Å². The van der Waals surface area contributed by atoms with Crippen molar-refractivity contribution in [3.63, 3.8) is 0 Å². The molecule has 1 atom stereocenters. The third kappa shape index (κ3) is 4.95. The fourth-order valence-corrected chi connectivity index (χ4v) is 5.91. The van der Waals surface area contributed by atoms with E-state index < -0.39 is 9.84 Å². The van der Waals surface area contributed by atoms with Gasteiger partial charge < -0.3 is 10.2 Å². The molecule has 3 rings (SSSR count). The zero-order valence-corrected chi connectivity index (χ0v) is 17.1. The van der Waals surface area contributed by atoms with Crippen LogP contribution in [0.1, 0.15) is 37.2 Å². The highest BCUT2D eigenvalue weighted by molar-refractivity contribution is 7.91. The third-order valence-electron chi connectivity index (χ3n) is 5.05. The topological polar surface area (TPSA) is 82.6 Å². The van der Waals surface area contributed by atoms with Crippen LogP contribution in [0, 0.1) is 5.92 Å². The lowest BCUT2D eigenvalue weighted by Crippen LogP contribution is -2.52. The SMILES string of the molecule is CC(C)CCNc1nc(C(=O)N2CCN([C@@H]3CCS(=O)(=O)C3)CC2)cs1. The Morgan fingerprint density at radius 2 is 2.08 bits per heavy atom. The molecule has 0 saturated carbocycles. The van der Waals surface area contributed by atoms with Crippen LogP contribution in [0.4, 0.5) is 5.13 Å². The summed E-state index contributed by atoms with van der Waals surface area (Å²) in [5.41, 5.74) is 0.499. The van der Waals surface area contributed by atoms with Crippen molar-refractivity contribution in [1.29, 1.82) is 0 Å². The minimum atomic E-state index is -2.87. The molecule has 0 aromatic carbocycles. The van der Waals surface area contributed by atoms with Gasteiger partial charge in [0, 0.05) is 44.1 Å². The van der Waals surface area contributed by atoms with Crippen LogP contribution in [-0.4, -0.2) is 79.4 Å².